The summed E-state index contributed by atoms with van der Waals surface area (Å²) in [5.74, 6) is 0.0683. The number of carbonyl (C=O) groups excluding carboxylic acids is 2. The first-order chi connectivity index (χ1) is 12.1. The number of nitrogens with zero attached hydrogens (tertiary/aromatic N) is 1. The fraction of sp³-hybridized carbons (Fsp3) is 0.556. The van der Waals surface area contributed by atoms with Crippen molar-refractivity contribution in [1.29, 1.82) is 0 Å². The smallest absolute Gasteiger partial charge is 0.274 e. The average Bonchev–Trinajstić information content (AvgIpc) is 3.22. The number of nitrogens with one attached hydrogen (secondary N) is 1. The molecule has 0 saturated carbocycles. The van der Waals surface area contributed by atoms with E-state index in [-0.39, 0.29) is 43.6 Å². The van der Waals surface area contributed by atoms with Gasteiger partial charge in [-0.3, -0.25) is 14.8 Å². The molecule has 2 amide bonds. The molecule has 3 unspecified atom stereocenters. The Labute approximate surface area is 159 Å². The maximum atomic E-state index is 13.1. The van der Waals surface area contributed by atoms with Crippen LogP contribution in [-0.4, -0.2) is 46.8 Å². The highest BCUT2D eigenvalue weighted by Crippen LogP contribution is 2.40. The van der Waals surface area contributed by atoms with E-state index in [9.17, 15) is 9.59 Å². The van der Waals surface area contributed by atoms with Gasteiger partial charge in [-0.15, -0.1) is 0 Å². The zero-order valence-corrected chi connectivity index (χ0v) is 15.6. The van der Waals surface area contributed by atoms with Crippen LogP contribution in [0, 0.1) is 5.92 Å². The van der Waals surface area contributed by atoms with Crippen molar-refractivity contribution < 1.29 is 24.3 Å². The highest BCUT2D eigenvalue weighted by atomic mass is 32.1. The largest absolute Gasteiger partial charge is 0.491 e. The van der Waals surface area contributed by atoms with Crippen LogP contribution in [0.5, 0.6) is 5.75 Å². The Balaban J connectivity index is 0.00000196. The molecule has 0 spiro atoms. The molecule has 4 rings (SSSR count). The van der Waals surface area contributed by atoms with Crippen molar-refractivity contribution in [3.8, 4) is 5.75 Å². The van der Waals surface area contributed by atoms with E-state index in [1.165, 1.54) is 0 Å². The SMILES string of the molecule is C[C@H]1COc2cc(C(=O)NO)ccc2CN1C(=O)C1CC2CCC1O2.S. The summed E-state index contributed by atoms with van der Waals surface area (Å²) >= 11 is 0. The summed E-state index contributed by atoms with van der Waals surface area (Å²) in [5.41, 5.74) is 2.79. The fourth-order valence-corrected chi connectivity index (χ4v) is 4.07. The molecule has 2 bridgehead atoms. The standard InChI is InChI=1S/C18H22N2O5.H2S/c1-10-9-24-16-6-11(17(21)19-23)2-3-12(16)8-20(10)18(22)14-7-13-4-5-15(14)25-13;/h2-3,6,10,13-15,23H,4-5,7-9H2,1H3,(H,19,21);1H2/t10-,13?,14?,15?;/m0./s1. The Kier molecular flexibility index (Phi) is 5.45. The van der Waals surface area contributed by atoms with Crippen molar-refractivity contribution in [1.82, 2.24) is 10.4 Å². The Hall–Kier alpha value is -1.77. The van der Waals surface area contributed by atoms with E-state index in [0.717, 1.165) is 24.8 Å². The van der Waals surface area contributed by atoms with E-state index in [2.05, 4.69) is 0 Å². The van der Waals surface area contributed by atoms with Crippen LogP contribution in [-0.2, 0) is 16.1 Å². The molecular formula is C18H24N2O5S. The van der Waals surface area contributed by atoms with Crippen LogP contribution < -0.4 is 10.2 Å². The van der Waals surface area contributed by atoms with Crippen LogP contribution in [0.2, 0.25) is 0 Å². The first kappa shape index (κ1) is 19.0. The lowest BCUT2D eigenvalue weighted by molar-refractivity contribution is -0.140. The zero-order chi connectivity index (χ0) is 17.6. The van der Waals surface area contributed by atoms with Gasteiger partial charge >= 0.3 is 0 Å². The van der Waals surface area contributed by atoms with Crippen molar-refractivity contribution >= 4 is 25.3 Å². The average molecular weight is 380 g/mol. The first-order valence-corrected chi connectivity index (χ1v) is 8.73. The van der Waals surface area contributed by atoms with E-state index in [1.807, 2.05) is 11.8 Å². The lowest BCUT2D eigenvalue weighted by Gasteiger charge is -2.31. The quantitative estimate of drug-likeness (QED) is 0.601. The Morgan fingerprint density at radius 1 is 1.31 bits per heavy atom. The molecule has 0 radical (unpaired) electrons. The molecule has 2 fully saturated rings. The third-order valence-corrected chi connectivity index (χ3v) is 5.49. The second-order valence-electron chi connectivity index (χ2n) is 7.11. The summed E-state index contributed by atoms with van der Waals surface area (Å²) < 4.78 is 11.7. The van der Waals surface area contributed by atoms with Crippen molar-refractivity contribution in [3.63, 3.8) is 0 Å². The predicted octanol–water partition coefficient (Wildman–Crippen LogP) is 1.60. The van der Waals surface area contributed by atoms with Gasteiger partial charge in [-0.05, 0) is 38.3 Å². The molecule has 4 atom stereocenters. The summed E-state index contributed by atoms with van der Waals surface area (Å²) in [6.07, 6.45) is 3.14. The molecule has 0 aromatic heterocycles. The van der Waals surface area contributed by atoms with E-state index >= 15 is 0 Å². The van der Waals surface area contributed by atoms with Crippen molar-refractivity contribution in [2.24, 2.45) is 5.92 Å². The number of hydrogen-bond donors (Lipinski definition) is 2. The number of rotatable bonds is 2. The maximum absolute atomic E-state index is 13.1. The first-order valence-electron chi connectivity index (χ1n) is 8.73. The lowest BCUT2D eigenvalue weighted by Crippen LogP contribution is -2.45. The molecule has 1 aromatic carbocycles. The third kappa shape index (κ3) is 3.28. The molecule has 3 aliphatic rings. The monoisotopic (exact) mass is 380 g/mol. The molecule has 2 N–H and O–H groups in total. The molecule has 8 heteroatoms. The van der Waals surface area contributed by atoms with Gasteiger partial charge in [-0.25, -0.2) is 5.48 Å². The minimum absolute atomic E-state index is 0. The van der Waals surface area contributed by atoms with Gasteiger partial charge in [0.25, 0.3) is 5.91 Å². The van der Waals surface area contributed by atoms with Gasteiger partial charge in [0.05, 0.1) is 24.2 Å². The molecule has 2 saturated heterocycles. The van der Waals surface area contributed by atoms with Crippen molar-refractivity contribution in [3.05, 3.63) is 29.3 Å². The predicted molar refractivity (Wildman–Crippen MR) is 97.6 cm³/mol. The number of hydroxylamine groups is 1. The van der Waals surface area contributed by atoms with Gasteiger partial charge < -0.3 is 14.4 Å². The van der Waals surface area contributed by atoms with Crippen LogP contribution in [0.25, 0.3) is 0 Å². The summed E-state index contributed by atoms with van der Waals surface area (Å²) in [4.78, 5) is 26.5. The summed E-state index contributed by atoms with van der Waals surface area (Å²) in [6, 6.07) is 4.93. The van der Waals surface area contributed by atoms with Gasteiger partial charge in [0.2, 0.25) is 5.91 Å². The lowest BCUT2D eigenvalue weighted by atomic mass is 9.88. The Morgan fingerprint density at radius 3 is 2.77 bits per heavy atom. The minimum atomic E-state index is -0.587. The van der Waals surface area contributed by atoms with E-state index in [0.29, 0.717) is 24.5 Å². The van der Waals surface area contributed by atoms with Crippen LogP contribution in [0.4, 0.5) is 0 Å². The molecule has 1 aromatic rings. The summed E-state index contributed by atoms with van der Waals surface area (Å²) in [7, 11) is 0. The number of fused-ring (bicyclic) bond motifs is 3. The molecule has 3 aliphatic heterocycles. The van der Waals surface area contributed by atoms with E-state index in [4.69, 9.17) is 14.7 Å². The van der Waals surface area contributed by atoms with Gasteiger partial charge in [0.1, 0.15) is 12.4 Å². The summed E-state index contributed by atoms with van der Waals surface area (Å²) in [5, 5.41) is 8.77. The van der Waals surface area contributed by atoms with E-state index in [1.54, 1.807) is 23.7 Å². The summed E-state index contributed by atoms with van der Waals surface area (Å²) in [6.45, 7) is 2.79. The van der Waals surface area contributed by atoms with Gasteiger partial charge in [0, 0.05) is 17.7 Å². The fourth-order valence-electron chi connectivity index (χ4n) is 4.07. The molecular weight excluding hydrogens is 356 g/mol. The van der Waals surface area contributed by atoms with Crippen molar-refractivity contribution in [2.45, 2.75) is 51.0 Å². The normalized spacial score (nSPS) is 29.2. The molecule has 0 aliphatic carbocycles. The zero-order valence-electron chi connectivity index (χ0n) is 14.6. The Morgan fingerprint density at radius 2 is 2.12 bits per heavy atom. The minimum Gasteiger partial charge on any atom is -0.491 e. The second-order valence-corrected chi connectivity index (χ2v) is 7.11. The number of ether oxygens (including phenoxy) is 2. The van der Waals surface area contributed by atoms with Gasteiger partial charge in [0.15, 0.2) is 0 Å². The van der Waals surface area contributed by atoms with Crippen LogP contribution in [0.1, 0.15) is 42.1 Å². The number of benzene rings is 1. The Bertz CT molecular complexity index is 713. The van der Waals surface area contributed by atoms with Crippen LogP contribution in [0.3, 0.4) is 0 Å². The molecule has 7 nitrogen and oxygen atoms in total. The van der Waals surface area contributed by atoms with Gasteiger partial charge in [-0.2, -0.15) is 13.5 Å². The van der Waals surface area contributed by atoms with Gasteiger partial charge in [-0.1, -0.05) is 6.07 Å². The number of amides is 2. The highest BCUT2D eigenvalue weighted by molar-refractivity contribution is 7.59. The van der Waals surface area contributed by atoms with Crippen LogP contribution in [0.15, 0.2) is 18.2 Å². The third-order valence-electron chi connectivity index (χ3n) is 5.49. The molecule has 3 heterocycles. The highest BCUT2D eigenvalue weighted by Gasteiger charge is 2.46. The maximum Gasteiger partial charge on any atom is 0.274 e. The number of carbonyl (C=O) groups is 2. The number of hydrogen-bond acceptors (Lipinski definition) is 5. The van der Waals surface area contributed by atoms with E-state index < -0.39 is 5.91 Å². The topological polar surface area (TPSA) is 88.1 Å². The van der Waals surface area contributed by atoms with Crippen LogP contribution >= 0.6 is 13.5 Å². The second kappa shape index (κ2) is 7.46. The molecule has 142 valence electrons. The van der Waals surface area contributed by atoms with Crippen molar-refractivity contribution in [2.75, 3.05) is 6.61 Å². The molecule has 26 heavy (non-hydrogen) atoms.